The predicted octanol–water partition coefficient (Wildman–Crippen LogP) is 18.7. The van der Waals surface area contributed by atoms with E-state index < -0.39 is 0 Å². The maximum atomic E-state index is 9.14. The van der Waals surface area contributed by atoms with Crippen molar-refractivity contribution in [3.63, 3.8) is 0 Å². The molecule has 14 rings (SSSR count). The summed E-state index contributed by atoms with van der Waals surface area (Å²) in [5.41, 5.74) is 18.8. The molecule has 0 radical (unpaired) electrons. The summed E-state index contributed by atoms with van der Waals surface area (Å²) >= 11 is 0. The van der Waals surface area contributed by atoms with E-state index in [4.69, 9.17) is 11.0 Å². The van der Waals surface area contributed by atoms with Gasteiger partial charge in [0.1, 0.15) is 11.2 Å². The van der Waals surface area contributed by atoms with Gasteiger partial charge in [0, 0.05) is 32.5 Å². The summed E-state index contributed by atoms with van der Waals surface area (Å²) < 4.78 is 11.9. The average Bonchev–Trinajstić information content (AvgIpc) is 4.10. The molecular formula is C67H41N3O. The molecule has 14 aromatic rings. The topological polar surface area (TPSA) is 27.4 Å². The second kappa shape index (κ2) is 16.2. The monoisotopic (exact) mass is 903 g/mol. The largest absolute Gasteiger partial charge is 0.457 e. The Morgan fingerprint density at radius 3 is 1.06 bits per heavy atom. The third-order valence-corrected chi connectivity index (χ3v) is 14.3. The van der Waals surface area contributed by atoms with Crippen LogP contribution in [0.25, 0.3) is 137 Å². The van der Waals surface area contributed by atoms with E-state index in [2.05, 4.69) is 251 Å². The lowest BCUT2D eigenvalue weighted by Crippen LogP contribution is -2.05. The second-order valence-corrected chi connectivity index (χ2v) is 18.3. The number of hydrogen-bond donors (Lipinski definition) is 0. The molecule has 0 saturated carbocycles. The van der Waals surface area contributed by atoms with Crippen LogP contribution in [0.15, 0.2) is 253 Å². The van der Waals surface area contributed by atoms with Crippen LogP contribution in [-0.4, -0.2) is 9.13 Å². The SMILES string of the molecule is [C-]#[N+]c1cc2oc3c(-c4ccccc4)cccc3c2c(-n2c3ccc(-c4ccccc4)cc3c3cc(-c4ccccc4)ccc32)c1-n1c2ccc(-c3ccccc3)cc2c2cc(-c3ccccc3)ccc21. The third kappa shape index (κ3) is 6.45. The number of para-hydroxylation sites is 1. The number of nitrogens with zero attached hydrogens (tertiary/aromatic N) is 3. The average molecular weight is 904 g/mol. The van der Waals surface area contributed by atoms with Gasteiger partial charge < -0.3 is 13.6 Å². The summed E-state index contributed by atoms with van der Waals surface area (Å²) in [5.74, 6) is 0. The fourth-order valence-corrected chi connectivity index (χ4v) is 11.1. The third-order valence-electron chi connectivity index (χ3n) is 14.3. The molecule has 0 amide bonds. The molecule has 3 heterocycles. The first kappa shape index (κ1) is 40.4. The highest BCUT2D eigenvalue weighted by atomic mass is 16.3. The van der Waals surface area contributed by atoms with Gasteiger partial charge in [-0.3, -0.25) is 0 Å². The van der Waals surface area contributed by atoms with Crippen molar-refractivity contribution in [3.05, 3.63) is 260 Å². The van der Waals surface area contributed by atoms with Crippen molar-refractivity contribution in [1.82, 2.24) is 9.13 Å². The van der Waals surface area contributed by atoms with Gasteiger partial charge in [-0.1, -0.05) is 194 Å². The molecule has 0 bridgehead atoms. The van der Waals surface area contributed by atoms with Crippen LogP contribution in [0.2, 0.25) is 0 Å². The zero-order valence-corrected chi connectivity index (χ0v) is 38.4. The maximum Gasteiger partial charge on any atom is 0.216 e. The molecule has 4 heteroatoms. The molecule has 0 unspecified atom stereocenters. The fraction of sp³-hybridized carbons (Fsp3) is 0. The second-order valence-electron chi connectivity index (χ2n) is 18.3. The first-order valence-corrected chi connectivity index (χ1v) is 24.0. The molecule has 330 valence electrons. The van der Waals surface area contributed by atoms with Gasteiger partial charge in [0.15, 0.2) is 0 Å². The van der Waals surface area contributed by atoms with Gasteiger partial charge in [0.25, 0.3) is 0 Å². The zero-order chi connectivity index (χ0) is 47.0. The minimum Gasteiger partial charge on any atom is -0.457 e. The van der Waals surface area contributed by atoms with Crippen molar-refractivity contribution in [2.24, 2.45) is 0 Å². The highest BCUT2D eigenvalue weighted by Gasteiger charge is 2.28. The predicted molar refractivity (Wildman–Crippen MR) is 296 cm³/mol. The van der Waals surface area contributed by atoms with Crippen molar-refractivity contribution < 1.29 is 4.42 Å². The Balaban J connectivity index is 1.17. The smallest absolute Gasteiger partial charge is 0.216 e. The lowest BCUT2D eigenvalue weighted by molar-refractivity contribution is 0.670. The van der Waals surface area contributed by atoms with E-state index in [0.717, 1.165) is 127 Å². The number of rotatable bonds is 7. The van der Waals surface area contributed by atoms with E-state index in [1.54, 1.807) is 0 Å². The molecule has 0 aliphatic heterocycles. The van der Waals surface area contributed by atoms with Crippen LogP contribution < -0.4 is 0 Å². The Labute approximate surface area is 410 Å². The normalized spacial score (nSPS) is 11.6. The number of aromatic nitrogens is 2. The van der Waals surface area contributed by atoms with Crippen molar-refractivity contribution in [2.75, 3.05) is 0 Å². The lowest BCUT2D eigenvalue weighted by Gasteiger charge is -2.20. The summed E-state index contributed by atoms with van der Waals surface area (Å²) in [7, 11) is 0. The van der Waals surface area contributed by atoms with Crippen LogP contribution in [0.1, 0.15) is 0 Å². The Bertz CT molecular complexity index is 4230. The lowest BCUT2D eigenvalue weighted by atomic mass is 10.0. The van der Waals surface area contributed by atoms with E-state index in [9.17, 15) is 0 Å². The Kier molecular flexibility index (Phi) is 9.23. The summed E-state index contributed by atoms with van der Waals surface area (Å²) in [6.45, 7) is 9.14. The Hall–Kier alpha value is -9.69. The summed E-state index contributed by atoms with van der Waals surface area (Å²) in [6, 6.07) is 88.5. The van der Waals surface area contributed by atoms with Crippen molar-refractivity contribution in [2.45, 2.75) is 0 Å². The van der Waals surface area contributed by atoms with E-state index in [0.29, 0.717) is 11.3 Å². The molecule has 0 atom stereocenters. The van der Waals surface area contributed by atoms with E-state index in [1.165, 1.54) is 0 Å². The number of benzene rings is 11. The Morgan fingerprint density at radius 1 is 0.310 bits per heavy atom. The minimum atomic E-state index is 0.489. The minimum absolute atomic E-state index is 0.489. The standard InChI is InChI=1S/C67H41N3O/c1-68-58-42-63-64(53-29-17-28-52(67(53)71-63)47-26-15-6-16-27-47)66(70-61-36-32-50(45-22-11-4-12-23-45)40-56(61)57-41-51(33-37-62(57)70)46-24-13-5-14-25-46)65(58)69-59-34-30-48(43-18-7-2-8-19-43)38-54(59)55-39-49(31-35-60(55)69)44-20-9-3-10-21-44/h2-42H. The van der Waals surface area contributed by atoms with Crippen LogP contribution in [-0.2, 0) is 0 Å². The van der Waals surface area contributed by atoms with Gasteiger partial charge in [0.2, 0.25) is 5.69 Å². The van der Waals surface area contributed by atoms with Crippen LogP contribution in [0.5, 0.6) is 0 Å². The number of furan rings is 1. The van der Waals surface area contributed by atoms with Crippen LogP contribution in [0, 0.1) is 6.57 Å². The molecule has 11 aromatic carbocycles. The highest BCUT2D eigenvalue weighted by molar-refractivity contribution is 6.21. The van der Waals surface area contributed by atoms with E-state index >= 15 is 0 Å². The summed E-state index contributed by atoms with van der Waals surface area (Å²) in [4.78, 5) is 4.47. The molecule has 0 N–H and O–H groups in total. The van der Waals surface area contributed by atoms with Gasteiger partial charge in [-0.25, -0.2) is 4.85 Å². The Morgan fingerprint density at radius 2 is 0.676 bits per heavy atom. The molecule has 0 aliphatic rings. The van der Waals surface area contributed by atoms with E-state index in [-0.39, 0.29) is 0 Å². The van der Waals surface area contributed by atoms with Gasteiger partial charge in [-0.05, 0) is 105 Å². The summed E-state index contributed by atoms with van der Waals surface area (Å²) in [5, 5.41) is 6.36. The molecule has 0 spiro atoms. The van der Waals surface area contributed by atoms with Gasteiger partial charge >= 0.3 is 0 Å². The van der Waals surface area contributed by atoms with Crippen molar-refractivity contribution in [1.29, 1.82) is 0 Å². The molecule has 4 nitrogen and oxygen atoms in total. The zero-order valence-electron chi connectivity index (χ0n) is 38.4. The van der Waals surface area contributed by atoms with Crippen molar-refractivity contribution in [3.8, 4) is 67.0 Å². The van der Waals surface area contributed by atoms with Gasteiger partial charge in [0.05, 0.1) is 45.4 Å². The quantitative estimate of drug-likeness (QED) is 0.146. The van der Waals surface area contributed by atoms with Crippen LogP contribution in [0.3, 0.4) is 0 Å². The number of fused-ring (bicyclic) bond motifs is 9. The molecule has 0 aliphatic carbocycles. The van der Waals surface area contributed by atoms with Crippen LogP contribution >= 0.6 is 0 Å². The maximum absolute atomic E-state index is 9.14. The van der Waals surface area contributed by atoms with Crippen LogP contribution in [0.4, 0.5) is 5.69 Å². The van der Waals surface area contributed by atoms with E-state index in [1.807, 2.05) is 12.1 Å². The first-order valence-electron chi connectivity index (χ1n) is 24.0. The van der Waals surface area contributed by atoms with Gasteiger partial charge in [-0.15, -0.1) is 0 Å². The number of hydrogen-bond acceptors (Lipinski definition) is 1. The summed E-state index contributed by atoms with van der Waals surface area (Å²) in [6.07, 6.45) is 0. The molecule has 0 fully saturated rings. The van der Waals surface area contributed by atoms with Crippen molar-refractivity contribution >= 4 is 71.2 Å². The fourth-order valence-electron chi connectivity index (χ4n) is 11.1. The molecule has 3 aromatic heterocycles. The first-order chi connectivity index (χ1) is 35.2. The molecule has 0 saturated heterocycles. The van der Waals surface area contributed by atoms with Gasteiger partial charge in [-0.2, -0.15) is 0 Å². The highest BCUT2D eigenvalue weighted by Crippen LogP contribution is 2.50. The molecular weight excluding hydrogens is 863 g/mol. The molecule has 71 heavy (non-hydrogen) atoms.